The van der Waals surface area contributed by atoms with Crippen LogP contribution in [0.3, 0.4) is 0 Å². The molecule has 0 aliphatic heterocycles. The summed E-state index contributed by atoms with van der Waals surface area (Å²) in [7, 11) is 0. The topological polar surface area (TPSA) is 101 Å². The molecule has 0 spiro atoms. The average Bonchev–Trinajstić information content (AvgIpc) is 2.79. The number of carboxylic acid groups (broad SMARTS) is 1. The van der Waals surface area contributed by atoms with E-state index in [-0.39, 0.29) is 17.1 Å². The van der Waals surface area contributed by atoms with Gasteiger partial charge in [0.05, 0.1) is 10.6 Å². The summed E-state index contributed by atoms with van der Waals surface area (Å²) in [4.78, 5) is 27.3. The number of carbonyl (C=O) groups excluding carboxylic acids is 1. The van der Waals surface area contributed by atoms with E-state index in [1.54, 1.807) is 42.5 Å². The molecule has 1 heterocycles. The summed E-state index contributed by atoms with van der Waals surface area (Å²) in [5.41, 5.74) is -0.877. The van der Waals surface area contributed by atoms with Crippen molar-refractivity contribution in [2.75, 3.05) is 10.6 Å². The number of pyridine rings is 1. The minimum absolute atomic E-state index is 0.0487. The van der Waals surface area contributed by atoms with Gasteiger partial charge in [-0.25, -0.2) is 9.78 Å². The lowest BCUT2D eigenvalue weighted by Gasteiger charge is -2.12. The number of hydrogen-bond acceptors (Lipinski definition) is 4. The number of nitrogens with one attached hydrogen (secondary N) is 2. The van der Waals surface area contributed by atoms with Crippen LogP contribution in [0.15, 0.2) is 72.9 Å². The van der Waals surface area contributed by atoms with E-state index in [9.17, 15) is 22.8 Å². The first-order valence-electron chi connectivity index (χ1n) is 9.94. The van der Waals surface area contributed by atoms with Crippen LogP contribution < -0.4 is 15.4 Å². The molecule has 178 valence electrons. The Morgan fingerprint density at radius 3 is 2.37 bits per heavy atom. The summed E-state index contributed by atoms with van der Waals surface area (Å²) in [5.74, 6) is 0.230. The summed E-state index contributed by atoms with van der Waals surface area (Å²) in [5, 5.41) is 14.4. The molecule has 4 aromatic rings. The van der Waals surface area contributed by atoms with E-state index >= 15 is 0 Å². The van der Waals surface area contributed by atoms with Gasteiger partial charge < -0.3 is 15.2 Å². The molecule has 0 atom stereocenters. The molecule has 3 N–H and O–H groups in total. The van der Waals surface area contributed by atoms with Crippen molar-refractivity contribution in [3.05, 3.63) is 89.1 Å². The molecule has 0 bridgehead atoms. The molecule has 4 rings (SSSR count). The Bertz CT molecular complexity index is 1440. The zero-order valence-electron chi connectivity index (χ0n) is 17.6. The zero-order chi connectivity index (χ0) is 25.2. The van der Waals surface area contributed by atoms with E-state index in [0.29, 0.717) is 16.9 Å². The highest BCUT2D eigenvalue weighted by molar-refractivity contribution is 6.31. The van der Waals surface area contributed by atoms with Crippen molar-refractivity contribution < 1.29 is 32.6 Å². The van der Waals surface area contributed by atoms with Crippen LogP contribution in [0.25, 0.3) is 10.8 Å². The fourth-order valence-corrected chi connectivity index (χ4v) is 3.47. The van der Waals surface area contributed by atoms with E-state index < -0.39 is 28.8 Å². The molecule has 1 aromatic heterocycles. The lowest BCUT2D eigenvalue weighted by Crippen LogP contribution is -2.13. The molecular formula is C24H15ClF3N3O4. The van der Waals surface area contributed by atoms with Crippen LogP contribution in [0, 0.1) is 0 Å². The Morgan fingerprint density at radius 1 is 0.886 bits per heavy atom. The number of alkyl halides is 3. The smallest absolute Gasteiger partial charge is 0.417 e. The molecule has 0 fully saturated rings. The quantitative estimate of drug-likeness (QED) is 0.272. The number of rotatable bonds is 5. The number of halogens is 4. The third-order valence-electron chi connectivity index (χ3n) is 4.81. The molecule has 3 aromatic carbocycles. The standard InChI is InChI=1S/C24H15ClF3N3O4/c25-20-6-4-16(11-19(20)24(26,27)28)30-22(32)14-2-1-13-3-5-17(10-15(13)9-14)35-18-7-8-29-21(12-18)31-23(33)34/h1-12H,(H,29,31)(H,30,32)(H,33,34). The van der Waals surface area contributed by atoms with Gasteiger partial charge in [0.15, 0.2) is 0 Å². The van der Waals surface area contributed by atoms with Gasteiger partial charge in [0.2, 0.25) is 0 Å². The van der Waals surface area contributed by atoms with Crippen LogP contribution >= 0.6 is 11.6 Å². The van der Waals surface area contributed by atoms with Crippen molar-refractivity contribution in [1.82, 2.24) is 4.98 Å². The van der Waals surface area contributed by atoms with Crippen molar-refractivity contribution in [3.8, 4) is 11.5 Å². The maximum absolute atomic E-state index is 13.1. The van der Waals surface area contributed by atoms with Crippen molar-refractivity contribution in [2.45, 2.75) is 6.18 Å². The summed E-state index contributed by atoms with van der Waals surface area (Å²) in [6.07, 6.45) is -4.54. The van der Waals surface area contributed by atoms with Gasteiger partial charge in [-0.15, -0.1) is 0 Å². The van der Waals surface area contributed by atoms with Gasteiger partial charge >= 0.3 is 12.3 Å². The number of carbonyl (C=O) groups is 2. The number of ether oxygens (including phenoxy) is 1. The molecule has 2 amide bonds. The van der Waals surface area contributed by atoms with Gasteiger partial charge in [-0.3, -0.25) is 10.1 Å². The van der Waals surface area contributed by atoms with Crippen LogP contribution in [0.2, 0.25) is 5.02 Å². The molecule has 0 aliphatic rings. The predicted octanol–water partition coefficient (Wildman–Crippen LogP) is 7.04. The molecule has 35 heavy (non-hydrogen) atoms. The Morgan fingerprint density at radius 2 is 1.63 bits per heavy atom. The van der Waals surface area contributed by atoms with Gasteiger partial charge in [0.1, 0.15) is 17.3 Å². The van der Waals surface area contributed by atoms with Gasteiger partial charge in [-0.1, -0.05) is 23.7 Å². The first-order valence-corrected chi connectivity index (χ1v) is 10.3. The monoisotopic (exact) mass is 501 g/mol. The Hall–Kier alpha value is -4.31. The first kappa shape index (κ1) is 23.8. The predicted molar refractivity (Wildman–Crippen MR) is 124 cm³/mol. The molecule has 0 saturated heterocycles. The largest absolute Gasteiger partial charge is 0.465 e. The number of hydrogen-bond donors (Lipinski definition) is 3. The number of anilines is 2. The van der Waals surface area contributed by atoms with Gasteiger partial charge in [-0.05, 0) is 59.3 Å². The van der Waals surface area contributed by atoms with Gasteiger partial charge in [-0.2, -0.15) is 13.2 Å². The van der Waals surface area contributed by atoms with E-state index in [4.69, 9.17) is 21.4 Å². The minimum atomic E-state index is -4.66. The van der Waals surface area contributed by atoms with Crippen LogP contribution in [-0.4, -0.2) is 22.1 Å². The Balaban J connectivity index is 1.55. The average molecular weight is 502 g/mol. The van der Waals surface area contributed by atoms with Crippen molar-refractivity contribution in [3.63, 3.8) is 0 Å². The molecule has 0 aliphatic carbocycles. The summed E-state index contributed by atoms with van der Waals surface area (Å²) < 4.78 is 45.0. The van der Waals surface area contributed by atoms with E-state index in [1.807, 2.05) is 0 Å². The Labute approximate surface area is 201 Å². The van der Waals surface area contributed by atoms with Crippen LogP contribution in [0.1, 0.15) is 15.9 Å². The number of aromatic nitrogens is 1. The maximum Gasteiger partial charge on any atom is 0.417 e. The third-order valence-corrected chi connectivity index (χ3v) is 5.14. The second-order valence-electron chi connectivity index (χ2n) is 7.28. The highest BCUT2D eigenvalue weighted by Gasteiger charge is 2.33. The highest BCUT2D eigenvalue weighted by Crippen LogP contribution is 2.36. The van der Waals surface area contributed by atoms with Crippen molar-refractivity contribution >= 4 is 45.9 Å². The number of fused-ring (bicyclic) bond motifs is 1. The zero-order valence-corrected chi connectivity index (χ0v) is 18.3. The molecular weight excluding hydrogens is 487 g/mol. The second kappa shape index (κ2) is 9.51. The SMILES string of the molecule is O=C(O)Nc1cc(Oc2ccc3ccc(C(=O)Nc4ccc(Cl)c(C(F)(F)F)c4)cc3c2)ccn1. The van der Waals surface area contributed by atoms with Crippen LogP contribution in [0.5, 0.6) is 11.5 Å². The summed E-state index contributed by atoms with van der Waals surface area (Å²) in [6, 6.07) is 16.0. The van der Waals surface area contributed by atoms with E-state index in [2.05, 4.69) is 15.6 Å². The van der Waals surface area contributed by atoms with Crippen LogP contribution in [-0.2, 0) is 6.18 Å². The normalized spacial score (nSPS) is 11.2. The molecule has 0 radical (unpaired) electrons. The molecule has 0 unspecified atom stereocenters. The first-order chi connectivity index (χ1) is 16.6. The molecule has 7 nitrogen and oxygen atoms in total. The lowest BCUT2D eigenvalue weighted by molar-refractivity contribution is -0.137. The fraction of sp³-hybridized carbons (Fsp3) is 0.0417. The fourth-order valence-electron chi connectivity index (χ4n) is 3.24. The summed E-state index contributed by atoms with van der Waals surface area (Å²) >= 11 is 5.63. The second-order valence-corrected chi connectivity index (χ2v) is 7.69. The number of nitrogens with zero attached hydrogens (tertiary/aromatic N) is 1. The Kier molecular flexibility index (Phi) is 6.48. The third kappa shape index (κ3) is 5.79. The van der Waals surface area contributed by atoms with Crippen molar-refractivity contribution in [2.24, 2.45) is 0 Å². The molecule has 11 heteroatoms. The highest BCUT2D eigenvalue weighted by atomic mass is 35.5. The van der Waals surface area contributed by atoms with Crippen molar-refractivity contribution in [1.29, 1.82) is 0 Å². The van der Waals surface area contributed by atoms with E-state index in [1.165, 1.54) is 18.3 Å². The minimum Gasteiger partial charge on any atom is -0.465 e. The summed E-state index contributed by atoms with van der Waals surface area (Å²) in [6.45, 7) is 0. The van der Waals surface area contributed by atoms with E-state index in [0.717, 1.165) is 17.5 Å². The maximum atomic E-state index is 13.1. The molecule has 0 saturated carbocycles. The lowest BCUT2D eigenvalue weighted by atomic mass is 10.1. The van der Waals surface area contributed by atoms with Gasteiger partial charge in [0.25, 0.3) is 5.91 Å². The van der Waals surface area contributed by atoms with Gasteiger partial charge in [0, 0.05) is 23.5 Å². The van der Waals surface area contributed by atoms with Crippen LogP contribution in [0.4, 0.5) is 29.5 Å². The number of benzene rings is 3. The number of amides is 2.